The smallest absolute Gasteiger partial charge is 0.259 e. The van der Waals surface area contributed by atoms with Crippen molar-refractivity contribution in [3.63, 3.8) is 0 Å². The van der Waals surface area contributed by atoms with Crippen LogP contribution in [0.25, 0.3) is 33.5 Å². The van der Waals surface area contributed by atoms with Crippen LogP contribution in [0.1, 0.15) is 12.8 Å². The number of fused-ring (bicyclic) bond motifs is 1. The number of nitriles is 1. The van der Waals surface area contributed by atoms with Gasteiger partial charge in [-0.1, -0.05) is 6.07 Å². The summed E-state index contributed by atoms with van der Waals surface area (Å²) >= 11 is 0. The zero-order valence-corrected chi connectivity index (χ0v) is 19.9. The number of nitrogens with one attached hydrogen (secondary N) is 2. The Balaban J connectivity index is 1.41. The van der Waals surface area contributed by atoms with Crippen molar-refractivity contribution in [2.45, 2.75) is 30.0 Å². The van der Waals surface area contributed by atoms with Gasteiger partial charge in [-0.3, -0.25) is 9.48 Å². The first kappa shape index (κ1) is 22.7. The molecular formula is C23H22N8O3S. The molecule has 35 heavy (non-hydrogen) atoms. The maximum atomic E-state index is 12.7. The van der Waals surface area contributed by atoms with Crippen LogP contribution in [-0.2, 0) is 21.4 Å². The van der Waals surface area contributed by atoms with Gasteiger partial charge in [0.2, 0.25) is 5.91 Å². The molecule has 1 saturated carbocycles. The van der Waals surface area contributed by atoms with E-state index in [1.54, 1.807) is 49.5 Å². The summed E-state index contributed by atoms with van der Waals surface area (Å²) in [6.07, 6.45) is 6.05. The Labute approximate surface area is 201 Å². The van der Waals surface area contributed by atoms with Gasteiger partial charge in [0.15, 0.2) is 5.03 Å². The van der Waals surface area contributed by atoms with Crippen LogP contribution in [-0.4, -0.2) is 63.6 Å². The molecule has 12 heteroatoms. The number of pyridine rings is 2. The number of sulfonamides is 1. The minimum absolute atomic E-state index is 0.0607. The molecule has 0 aliphatic heterocycles. The third-order valence-electron chi connectivity index (χ3n) is 5.80. The van der Waals surface area contributed by atoms with Crippen molar-refractivity contribution in [2.75, 3.05) is 14.1 Å². The van der Waals surface area contributed by atoms with E-state index in [1.807, 2.05) is 18.2 Å². The summed E-state index contributed by atoms with van der Waals surface area (Å²) in [6, 6.07) is 10.5. The van der Waals surface area contributed by atoms with Crippen LogP contribution in [0.2, 0.25) is 0 Å². The van der Waals surface area contributed by atoms with E-state index in [-0.39, 0.29) is 17.5 Å². The number of likely N-dealkylation sites (N-methyl/N-ethyl adjacent to an activating group) is 1. The highest BCUT2D eigenvalue weighted by molar-refractivity contribution is 7.89. The Bertz CT molecular complexity index is 1590. The fourth-order valence-electron chi connectivity index (χ4n) is 3.58. The Morgan fingerprint density at radius 2 is 2.06 bits per heavy atom. The fourth-order valence-corrected chi connectivity index (χ4v) is 4.92. The standard InChI is InChI=1S/C23H22N8O3S/c1-30(2)21(32)13-31-12-17(11-26-31)19-9-15-8-16(10-25-22(15)28-19)18-4-3-5-20(27-18)35(33,34)29-23(14-24)6-7-23/h3-5,8-12,29H,6-7,13H2,1-2H3,(H,25,28). The van der Waals surface area contributed by atoms with Crippen LogP contribution in [0.3, 0.4) is 0 Å². The van der Waals surface area contributed by atoms with Crippen molar-refractivity contribution in [3.8, 4) is 28.6 Å². The molecule has 178 valence electrons. The van der Waals surface area contributed by atoms with Gasteiger partial charge in [-0.25, -0.2) is 18.4 Å². The third-order valence-corrected chi connectivity index (χ3v) is 7.24. The van der Waals surface area contributed by atoms with Gasteiger partial charge in [-0.15, -0.1) is 0 Å². The third kappa shape index (κ3) is 4.51. The predicted molar refractivity (Wildman–Crippen MR) is 127 cm³/mol. The average molecular weight is 491 g/mol. The molecule has 4 aromatic rings. The predicted octanol–water partition coefficient (Wildman–Crippen LogP) is 1.91. The summed E-state index contributed by atoms with van der Waals surface area (Å²) in [5, 5.41) is 14.1. The summed E-state index contributed by atoms with van der Waals surface area (Å²) in [4.78, 5) is 25.5. The number of carbonyl (C=O) groups excluding carboxylic acids is 1. The normalized spacial score (nSPS) is 14.5. The number of aromatic nitrogens is 5. The second-order valence-corrected chi connectivity index (χ2v) is 10.3. The van der Waals surface area contributed by atoms with Crippen molar-refractivity contribution in [3.05, 3.63) is 48.9 Å². The van der Waals surface area contributed by atoms with Crippen molar-refractivity contribution in [2.24, 2.45) is 0 Å². The van der Waals surface area contributed by atoms with Gasteiger partial charge in [0.25, 0.3) is 10.0 Å². The van der Waals surface area contributed by atoms with Crippen LogP contribution in [0.15, 0.2) is 53.9 Å². The quantitative estimate of drug-likeness (QED) is 0.402. The van der Waals surface area contributed by atoms with E-state index < -0.39 is 15.6 Å². The molecule has 0 unspecified atom stereocenters. The lowest BCUT2D eigenvalue weighted by Crippen LogP contribution is -2.36. The lowest BCUT2D eigenvalue weighted by molar-refractivity contribution is -0.129. The van der Waals surface area contributed by atoms with Crippen molar-refractivity contribution >= 4 is 27.0 Å². The molecular weight excluding hydrogens is 468 g/mol. The lowest BCUT2D eigenvalue weighted by atomic mass is 10.1. The number of aromatic amines is 1. The molecule has 0 atom stereocenters. The molecule has 1 fully saturated rings. The van der Waals surface area contributed by atoms with Gasteiger partial charge in [-0.2, -0.15) is 15.1 Å². The number of nitrogens with zero attached hydrogens (tertiary/aromatic N) is 6. The van der Waals surface area contributed by atoms with Crippen LogP contribution < -0.4 is 4.72 Å². The van der Waals surface area contributed by atoms with E-state index in [1.165, 1.54) is 11.0 Å². The Morgan fingerprint density at radius 3 is 2.77 bits per heavy atom. The van der Waals surface area contributed by atoms with E-state index in [9.17, 15) is 18.5 Å². The molecule has 2 N–H and O–H groups in total. The largest absolute Gasteiger partial charge is 0.347 e. The zero-order chi connectivity index (χ0) is 24.8. The van der Waals surface area contributed by atoms with Crippen LogP contribution in [0, 0.1) is 11.3 Å². The summed E-state index contributed by atoms with van der Waals surface area (Å²) in [5.74, 6) is -0.0607. The highest BCUT2D eigenvalue weighted by Gasteiger charge is 2.47. The Kier molecular flexibility index (Phi) is 5.38. The summed E-state index contributed by atoms with van der Waals surface area (Å²) < 4.78 is 29.5. The van der Waals surface area contributed by atoms with E-state index >= 15 is 0 Å². The highest BCUT2D eigenvalue weighted by atomic mass is 32.2. The minimum atomic E-state index is -3.93. The van der Waals surface area contributed by atoms with E-state index in [0.717, 1.165) is 16.6 Å². The number of carbonyl (C=O) groups is 1. The van der Waals surface area contributed by atoms with Crippen LogP contribution in [0.4, 0.5) is 0 Å². The topological polar surface area (TPSA) is 150 Å². The summed E-state index contributed by atoms with van der Waals surface area (Å²) in [6.45, 7) is 0.144. The second-order valence-electron chi connectivity index (χ2n) is 8.72. The molecule has 0 radical (unpaired) electrons. The average Bonchev–Trinajstić information content (AvgIpc) is 3.24. The van der Waals surface area contributed by atoms with E-state index in [0.29, 0.717) is 29.7 Å². The van der Waals surface area contributed by atoms with Gasteiger partial charge in [0.1, 0.15) is 17.7 Å². The molecule has 1 aliphatic rings. The Hall–Kier alpha value is -4.08. The molecule has 1 aliphatic carbocycles. The second kappa shape index (κ2) is 8.30. The molecule has 4 heterocycles. The van der Waals surface area contributed by atoms with Crippen molar-refractivity contribution in [1.82, 2.24) is 34.4 Å². The zero-order valence-electron chi connectivity index (χ0n) is 19.1. The maximum Gasteiger partial charge on any atom is 0.259 e. The number of amides is 1. The molecule has 0 saturated heterocycles. The van der Waals surface area contributed by atoms with Gasteiger partial charge in [0.05, 0.1) is 23.7 Å². The van der Waals surface area contributed by atoms with E-state index in [2.05, 4.69) is 24.8 Å². The van der Waals surface area contributed by atoms with Crippen LogP contribution >= 0.6 is 0 Å². The molecule has 1 amide bonds. The van der Waals surface area contributed by atoms with E-state index in [4.69, 9.17) is 0 Å². The first-order valence-corrected chi connectivity index (χ1v) is 12.3. The maximum absolute atomic E-state index is 12.7. The monoisotopic (exact) mass is 490 g/mol. The number of hydrogen-bond acceptors (Lipinski definition) is 7. The molecule has 11 nitrogen and oxygen atoms in total. The number of H-pyrrole nitrogens is 1. The summed E-state index contributed by atoms with van der Waals surface area (Å²) in [7, 11) is -0.542. The molecule has 0 spiro atoms. The fraction of sp³-hybridized carbons (Fsp3) is 0.261. The highest BCUT2D eigenvalue weighted by Crippen LogP contribution is 2.36. The molecule has 5 rings (SSSR count). The van der Waals surface area contributed by atoms with Crippen LogP contribution in [0.5, 0.6) is 0 Å². The van der Waals surface area contributed by atoms with Crippen molar-refractivity contribution in [1.29, 1.82) is 5.26 Å². The SMILES string of the molecule is CN(C)C(=O)Cn1cc(-c2cc3cc(-c4cccc(S(=O)(=O)NC5(C#N)CC5)n4)cnc3[nH]2)cn1. The van der Waals surface area contributed by atoms with Gasteiger partial charge in [0, 0.05) is 43.0 Å². The number of hydrogen-bond donors (Lipinski definition) is 2. The lowest BCUT2D eigenvalue weighted by Gasteiger charge is -2.10. The first-order chi connectivity index (χ1) is 16.7. The molecule has 0 bridgehead atoms. The molecule has 4 aromatic heterocycles. The molecule has 0 aromatic carbocycles. The van der Waals surface area contributed by atoms with Gasteiger partial charge < -0.3 is 9.88 Å². The van der Waals surface area contributed by atoms with Gasteiger partial charge in [-0.05, 0) is 37.1 Å². The van der Waals surface area contributed by atoms with Gasteiger partial charge >= 0.3 is 0 Å². The Morgan fingerprint density at radius 1 is 1.26 bits per heavy atom. The number of rotatable bonds is 7. The van der Waals surface area contributed by atoms with Crippen molar-refractivity contribution < 1.29 is 13.2 Å². The first-order valence-electron chi connectivity index (χ1n) is 10.8. The minimum Gasteiger partial charge on any atom is -0.347 e. The summed E-state index contributed by atoms with van der Waals surface area (Å²) in [5.41, 5.74) is 2.31.